The van der Waals surface area contributed by atoms with E-state index in [1.807, 2.05) is 13.0 Å². The van der Waals surface area contributed by atoms with E-state index < -0.39 is 64.9 Å². The summed E-state index contributed by atoms with van der Waals surface area (Å²) in [6, 6.07) is 3.00. The zero-order valence-corrected chi connectivity index (χ0v) is 26.7. The number of aliphatic hydroxyl groups excluding tert-OH is 3. The number of nitrogens with one attached hydrogen (secondary N) is 1. The number of phenolic OH excluding ortho intramolecular Hbond substituents is 1. The van der Waals surface area contributed by atoms with Gasteiger partial charge in [-0.3, -0.25) is 4.79 Å². The maximum absolute atomic E-state index is 12.7. The Bertz CT molecular complexity index is 1240. The summed E-state index contributed by atoms with van der Waals surface area (Å²) in [5, 5.41) is 55.3. The summed E-state index contributed by atoms with van der Waals surface area (Å²) in [7, 11) is 0. The molecule has 7 atom stereocenters. The first-order valence-electron chi connectivity index (χ1n) is 15.0. The van der Waals surface area contributed by atoms with E-state index in [1.54, 1.807) is 52.5 Å². The van der Waals surface area contributed by atoms with Crippen molar-refractivity contribution < 1.29 is 49.4 Å². The monoisotopic (exact) mass is 620 g/mol. The molecular formula is C32H48N2O10. The molecule has 2 saturated heterocycles. The summed E-state index contributed by atoms with van der Waals surface area (Å²) >= 11 is 0. The molecule has 0 spiro atoms. The number of carbonyl (C=O) groups is 3. The zero-order chi connectivity index (χ0) is 33.2. The van der Waals surface area contributed by atoms with Crippen molar-refractivity contribution in [3.8, 4) is 5.75 Å². The highest BCUT2D eigenvalue weighted by Gasteiger charge is 2.52. The molecule has 44 heavy (non-hydrogen) atoms. The van der Waals surface area contributed by atoms with Crippen molar-refractivity contribution in [2.75, 3.05) is 19.6 Å². The minimum atomic E-state index is -1.88. The fourth-order valence-corrected chi connectivity index (χ4v) is 5.76. The van der Waals surface area contributed by atoms with E-state index in [-0.39, 0.29) is 30.7 Å². The van der Waals surface area contributed by atoms with Gasteiger partial charge >= 0.3 is 12.1 Å². The standard InChI is InChI=1S/C32H48N2O10/c1-18-13-21(14-19(2)24(18)37)27(39)33-16-23(36)25(38)26-20(3)22(35)15-32(43-26,28(40)41)10-8-9-31(7)11-12-34(17-31)29(42)44-30(4,5)6/h8-9,13-14,20,22-23,25-26,35-38H,10-12,15-17H2,1-7H3,(H,33,39)(H,40,41)/b9-8+/t20?,22-,23?,25+,26+,31?,32?/m0/s1. The van der Waals surface area contributed by atoms with Gasteiger partial charge < -0.3 is 45.2 Å². The number of carbonyl (C=O) groups excluding carboxylic acids is 2. The maximum Gasteiger partial charge on any atom is 0.410 e. The predicted octanol–water partition coefficient (Wildman–Crippen LogP) is 2.66. The lowest BCUT2D eigenvalue weighted by Crippen LogP contribution is -2.60. The molecule has 4 unspecified atom stereocenters. The van der Waals surface area contributed by atoms with Gasteiger partial charge in [0, 0.05) is 49.4 Å². The molecule has 2 aliphatic rings. The van der Waals surface area contributed by atoms with Gasteiger partial charge in [-0.1, -0.05) is 26.0 Å². The van der Waals surface area contributed by atoms with Gasteiger partial charge in [-0.2, -0.15) is 0 Å². The number of likely N-dealkylation sites (tertiary alicyclic amines) is 1. The van der Waals surface area contributed by atoms with E-state index in [0.717, 1.165) is 0 Å². The molecule has 1 aromatic rings. The largest absolute Gasteiger partial charge is 0.507 e. The van der Waals surface area contributed by atoms with Crippen LogP contribution in [-0.2, 0) is 14.3 Å². The highest BCUT2D eigenvalue weighted by Crippen LogP contribution is 2.39. The van der Waals surface area contributed by atoms with Crippen molar-refractivity contribution in [2.24, 2.45) is 11.3 Å². The molecule has 12 heteroatoms. The molecule has 0 aliphatic carbocycles. The molecule has 6 N–H and O–H groups in total. The number of aromatic hydroxyl groups is 1. The number of hydrogen-bond acceptors (Lipinski definition) is 9. The van der Waals surface area contributed by atoms with E-state index in [4.69, 9.17) is 9.47 Å². The lowest BCUT2D eigenvalue weighted by molar-refractivity contribution is -0.234. The summed E-state index contributed by atoms with van der Waals surface area (Å²) in [6.07, 6.45) is -2.17. The minimum Gasteiger partial charge on any atom is -0.507 e. The highest BCUT2D eigenvalue weighted by atomic mass is 16.6. The smallest absolute Gasteiger partial charge is 0.410 e. The lowest BCUT2D eigenvalue weighted by Gasteiger charge is -2.46. The molecule has 2 heterocycles. The van der Waals surface area contributed by atoms with Crippen molar-refractivity contribution in [2.45, 2.75) is 103 Å². The molecule has 0 bridgehead atoms. The quantitative estimate of drug-likeness (QED) is 0.224. The number of aliphatic hydroxyl groups is 3. The van der Waals surface area contributed by atoms with Gasteiger partial charge in [0.25, 0.3) is 5.91 Å². The van der Waals surface area contributed by atoms with Crippen LogP contribution in [0.2, 0.25) is 0 Å². The van der Waals surface area contributed by atoms with Crippen LogP contribution in [0.3, 0.4) is 0 Å². The van der Waals surface area contributed by atoms with Crippen LogP contribution in [-0.4, -0.2) is 104 Å². The molecule has 3 rings (SSSR count). The fourth-order valence-electron chi connectivity index (χ4n) is 5.76. The number of aliphatic carboxylic acids is 1. The van der Waals surface area contributed by atoms with Crippen LogP contribution in [0.25, 0.3) is 0 Å². The number of rotatable bonds is 9. The van der Waals surface area contributed by atoms with Crippen LogP contribution in [0.5, 0.6) is 5.75 Å². The van der Waals surface area contributed by atoms with Crippen molar-refractivity contribution in [3.05, 3.63) is 41.0 Å². The average molecular weight is 621 g/mol. The Labute approximate surface area is 258 Å². The molecule has 1 aromatic carbocycles. The number of carboxylic acid groups (broad SMARTS) is 1. The predicted molar refractivity (Wildman–Crippen MR) is 161 cm³/mol. The first-order chi connectivity index (χ1) is 20.3. The third kappa shape index (κ3) is 8.29. The number of benzene rings is 1. The van der Waals surface area contributed by atoms with Gasteiger partial charge in [0.05, 0.1) is 18.3 Å². The molecule has 0 saturated carbocycles. The number of carboxylic acids is 1. The third-order valence-corrected chi connectivity index (χ3v) is 8.50. The van der Waals surface area contributed by atoms with E-state index in [9.17, 15) is 39.9 Å². The zero-order valence-electron chi connectivity index (χ0n) is 26.7. The van der Waals surface area contributed by atoms with Gasteiger partial charge in [-0.25, -0.2) is 9.59 Å². The normalized spacial score (nSPS) is 29.0. The Balaban J connectivity index is 1.68. The second kappa shape index (κ2) is 13.4. The Morgan fingerprint density at radius 3 is 2.39 bits per heavy atom. The van der Waals surface area contributed by atoms with Crippen molar-refractivity contribution in [1.29, 1.82) is 0 Å². The molecule has 2 amide bonds. The summed E-state index contributed by atoms with van der Waals surface area (Å²) < 4.78 is 11.5. The van der Waals surface area contributed by atoms with Crippen molar-refractivity contribution >= 4 is 18.0 Å². The Hall–Kier alpha value is -3.19. The topological polar surface area (TPSA) is 186 Å². The number of aryl methyl sites for hydroxylation is 2. The van der Waals surface area contributed by atoms with E-state index in [2.05, 4.69) is 5.32 Å². The third-order valence-electron chi connectivity index (χ3n) is 8.50. The highest BCUT2D eigenvalue weighted by molar-refractivity contribution is 5.94. The number of ether oxygens (including phenoxy) is 2. The summed E-state index contributed by atoms with van der Waals surface area (Å²) in [5.41, 5.74) is -1.65. The molecular weight excluding hydrogens is 572 g/mol. The average Bonchev–Trinajstić information content (AvgIpc) is 3.32. The fraction of sp³-hybridized carbons (Fsp3) is 0.656. The molecule has 2 aliphatic heterocycles. The van der Waals surface area contributed by atoms with E-state index >= 15 is 0 Å². The minimum absolute atomic E-state index is 0.0795. The number of amides is 2. The molecule has 0 radical (unpaired) electrons. The Kier molecular flexibility index (Phi) is 10.8. The van der Waals surface area contributed by atoms with Crippen LogP contribution in [0.4, 0.5) is 4.79 Å². The first-order valence-corrected chi connectivity index (χ1v) is 15.0. The van der Waals surface area contributed by atoms with Gasteiger partial charge in [-0.05, 0) is 64.3 Å². The van der Waals surface area contributed by atoms with Crippen LogP contribution in [0.1, 0.15) is 75.4 Å². The summed E-state index contributed by atoms with van der Waals surface area (Å²) in [6.45, 7) is 12.8. The Morgan fingerprint density at radius 2 is 1.82 bits per heavy atom. The summed E-state index contributed by atoms with van der Waals surface area (Å²) in [5.74, 6) is -2.49. The SMILES string of the molecule is Cc1cc(C(=O)NCC(O)[C@@H](O)[C@@H]2OC(C/C=C/C3(C)CCN(C(=O)OC(C)(C)C)C3)(C(=O)O)C[C@H](O)C2C)cc(C)c1O. The second-order valence-corrected chi connectivity index (χ2v) is 13.7. The van der Waals surface area contributed by atoms with Gasteiger partial charge in [0.15, 0.2) is 5.60 Å². The van der Waals surface area contributed by atoms with Crippen LogP contribution in [0.15, 0.2) is 24.3 Å². The van der Waals surface area contributed by atoms with Gasteiger partial charge in [0.1, 0.15) is 17.5 Å². The maximum atomic E-state index is 12.7. The molecule has 2 fully saturated rings. The molecule has 246 valence electrons. The van der Waals surface area contributed by atoms with Crippen LogP contribution >= 0.6 is 0 Å². The molecule has 12 nitrogen and oxygen atoms in total. The summed E-state index contributed by atoms with van der Waals surface area (Å²) in [4.78, 5) is 39.3. The Morgan fingerprint density at radius 1 is 1.20 bits per heavy atom. The second-order valence-electron chi connectivity index (χ2n) is 13.7. The lowest BCUT2D eigenvalue weighted by atomic mass is 9.78. The van der Waals surface area contributed by atoms with Crippen LogP contribution in [0, 0.1) is 25.2 Å². The number of hydrogen-bond donors (Lipinski definition) is 6. The van der Waals surface area contributed by atoms with E-state index in [0.29, 0.717) is 30.6 Å². The number of nitrogens with zero attached hydrogens (tertiary/aromatic N) is 1. The molecule has 0 aromatic heterocycles. The van der Waals surface area contributed by atoms with Gasteiger partial charge in [-0.15, -0.1) is 0 Å². The van der Waals surface area contributed by atoms with Crippen molar-refractivity contribution in [3.63, 3.8) is 0 Å². The number of phenols is 1. The van der Waals surface area contributed by atoms with Crippen LogP contribution < -0.4 is 5.32 Å². The van der Waals surface area contributed by atoms with Crippen molar-refractivity contribution in [1.82, 2.24) is 10.2 Å². The first kappa shape index (κ1) is 35.3. The van der Waals surface area contributed by atoms with E-state index in [1.165, 1.54) is 12.1 Å². The van der Waals surface area contributed by atoms with Gasteiger partial charge in [0.2, 0.25) is 0 Å².